The minimum Gasteiger partial charge on any atom is -0.457 e. The van der Waals surface area contributed by atoms with Crippen molar-refractivity contribution < 1.29 is 19.0 Å². The van der Waals surface area contributed by atoms with Crippen molar-refractivity contribution in [3.05, 3.63) is 0 Å². The summed E-state index contributed by atoms with van der Waals surface area (Å²) in [6.45, 7) is 5.59. The second-order valence-corrected chi connectivity index (χ2v) is 3.90. The summed E-state index contributed by atoms with van der Waals surface area (Å²) in [7, 11) is 0. The van der Waals surface area contributed by atoms with E-state index in [-0.39, 0.29) is 18.2 Å². The number of carbonyl (C=O) groups excluding carboxylic acids is 1. The highest BCUT2D eigenvalue weighted by molar-refractivity contribution is 5.78. The van der Waals surface area contributed by atoms with E-state index in [1.807, 2.05) is 20.8 Å². The van der Waals surface area contributed by atoms with Gasteiger partial charge in [-0.2, -0.15) is 0 Å². The van der Waals surface area contributed by atoms with E-state index in [2.05, 4.69) is 0 Å². The lowest BCUT2D eigenvalue weighted by atomic mass is 10.1. The molecule has 0 bridgehead atoms. The lowest BCUT2D eigenvalue weighted by Gasteiger charge is -2.20. The van der Waals surface area contributed by atoms with Gasteiger partial charge in [-0.25, -0.2) is 4.79 Å². The lowest BCUT2D eigenvalue weighted by molar-refractivity contribution is -0.186. The first kappa shape index (κ1) is 8.97. The van der Waals surface area contributed by atoms with Gasteiger partial charge in [-0.3, -0.25) is 0 Å². The number of hydrogen-bond donors (Lipinski definition) is 0. The number of fused-ring (bicyclic) bond motifs is 1. The van der Waals surface area contributed by atoms with Gasteiger partial charge < -0.3 is 14.2 Å². The number of ether oxygens (including phenoxy) is 3. The average Bonchev–Trinajstić information content (AvgIpc) is 2.47. The summed E-state index contributed by atoms with van der Waals surface area (Å²) >= 11 is 0. The molecule has 0 saturated carbocycles. The van der Waals surface area contributed by atoms with Crippen molar-refractivity contribution in [3.8, 4) is 0 Å². The fourth-order valence-electron chi connectivity index (χ4n) is 1.84. The van der Waals surface area contributed by atoms with Gasteiger partial charge in [-0.05, 0) is 20.3 Å². The molecule has 2 fully saturated rings. The number of esters is 1. The third kappa shape index (κ3) is 1.34. The minimum absolute atomic E-state index is 0.140. The molecule has 4 heteroatoms. The minimum atomic E-state index is -0.651. The van der Waals surface area contributed by atoms with Crippen molar-refractivity contribution >= 4 is 5.97 Å². The fourth-order valence-corrected chi connectivity index (χ4v) is 1.84. The van der Waals surface area contributed by atoms with Crippen LogP contribution < -0.4 is 0 Å². The molecule has 0 N–H and O–H groups in total. The van der Waals surface area contributed by atoms with Crippen molar-refractivity contribution in [2.24, 2.45) is 0 Å². The monoisotopic (exact) mass is 186 g/mol. The van der Waals surface area contributed by atoms with Crippen LogP contribution in [0.3, 0.4) is 0 Å². The van der Waals surface area contributed by atoms with Crippen LogP contribution in [0.25, 0.3) is 0 Å². The maximum atomic E-state index is 11.3. The summed E-state index contributed by atoms with van der Waals surface area (Å²) in [5.74, 6) is -0.940. The molecule has 1 unspecified atom stereocenters. The summed E-state index contributed by atoms with van der Waals surface area (Å²) < 4.78 is 16.1. The Bertz CT molecular complexity index is 236. The molecule has 3 atom stereocenters. The maximum Gasteiger partial charge on any atom is 0.338 e. The third-order valence-corrected chi connectivity index (χ3v) is 2.40. The van der Waals surface area contributed by atoms with Crippen LogP contribution in [0.5, 0.6) is 0 Å². The van der Waals surface area contributed by atoms with Crippen LogP contribution in [-0.4, -0.2) is 30.1 Å². The Morgan fingerprint density at radius 2 is 2.08 bits per heavy atom. The molecule has 2 aliphatic rings. The topological polar surface area (TPSA) is 44.8 Å². The Labute approximate surface area is 77.1 Å². The molecule has 2 heterocycles. The van der Waals surface area contributed by atoms with Gasteiger partial charge in [-0.1, -0.05) is 6.92 Å². The molecule has 13 heavy (non-hydrogen) atoms. The average molecular weight is 186 g/mol. The molecule has 0 radical (unpaired) electrons. The van der Waals surface area contributed by atoms with Crippen LogP contribution in [0, 0.1) is 0 Å². The summed E-state index contributed by atoms with van der Waals surface area (Å²) in [5.41, 5.74) is 0. The van der Waals surface area contributed by atoms with E-state index in [4.69, 9.17) is 14.2 Å². The molecular weight excluding hydrogens is 172 g/mol. The number of rotatable bonds is 1. The molecule has 0 aliphatic carbocycles. The normalized spacial score (nSPS) is 41.8. The van der Waals surface area contributed by atoms with Crippen LogP contribution in [0.2, 0.25) is 0 Å². The highest BCUT2D eigenvalue weighted by Gasteiger charge is 2.55. The van der Waals surface area contributed by atoms with E-state index in [1.54, 1.807) is 0 Å². The molecule has 74 valence electrons. The van der Waals surface area contributed by atoms with Crippen LogP contribution >= 0.6 is 0 Å². The fraction of sp³-hybridized carbons (Fsp3) is 0.889. The Morgan fingerprint density at radius 1 is 1.38 bits per heavy atom. The molecule has 2 rings (SSSR count). The van der Waals surface area contributed by atoms with Gasteiger partial charge >= 0.3 is 5.97 Å². The van der Waals surface area contributed by atoms with Crippen LogP contribution in [0.1, 0.15) is 27.2 Å². The Hall–Kier alpha value is -0.610. The van der Waals surface area contributed by atoms with Gasteiger partial charge in [-0.15, -0.1) is 0 Å². The molecule has 0 amide bonds. The Morgan fingerprint density at radius 3 is 2.69 bits per heavy atom. The number of cyclic esters (lactones) is 1. The zero-order valence-electron chi connectivity index (χ0n) is 8.07. The second-order valence-electron chi connectivity index (χ2n) is 3.90. The molecule has 4 nitrogen and oxygen atoms in total. The van der Waals surface area contributed by atoms with Gasteiger partial charge in [0.1, 0.15) is 12.2 Å². The van der Waals surface area contributed by atoms with Gasteiger partial charge in [0.25, 0.3) is 0 Å². The first-order valence-electron chi connectivity index (χ1n) is 4.59. The summed E-state index contributed by atoms with van der Waals surface area (Å²) in [5, 5.41) is 0. The zero-order valence-corrected chi connectivity index (χ0v) is 8.07. The van der Waals surface area contributed by atoms with E-state index >= 15 is 0 Å². The molecule has 2 aliphatic heterocycles. The highest BCUT2D eigenvalue weighted by atomic mass is 16.8. The highest BCUT2D eigenvalue weighted by Crippen LogP contribution is 2.36. The molecule has 2 saturated heterocycles. The maximum absolute atomic E-state index is 11.3. The smallest absolute Gasteiger partial charge is 0.338 e. The van der Waals surface area contributed by atoms with E-state index in [1.165, 1.54) is 0 Å². The van der Waals surface area contributed by atoms with Gasteiger partial charge in [0, 0.05) is 0 Å². The zero-order chi connectivity index (χ0) is 9.64. The van der Waals surface area contributed by atoms with Crippen molar-refractivity contribution in [2.75, 3.05) is 0 Å². The van der Waals surface area contributed by atoms with Crippen LogP contribution in [0.4, 0.5) is 0 Å². The van der Waals surface area contributed by atoms with Crippen molar-refractivity contribution in [3.63, 3.8) is 0 Å². The summed E-state index contributed by atoms with van der Waals surface area (Å²) in [6.07, 6.45) is -0.0986. The number of carbonyl (C=O) groups is 1. The second kappa shape index (κ2) is 2.69. The SMILES string of the molecule is CC[C@H]1OC(=O)C2OC(C)(C)O[C@H]21. The number of hydrogen-bond acceptors (Lipinski definition) is 4. The first-order valence-corrected chi connectivity index (χ1v) is 4.59. The quantitative estimate of drug-likeness (QED) is 0.569. The van der Waals surface area contributed by atoms with Gasteiger partial charge in [0.15, 0.2) is 11.9 Å². The molecule has 0 aromatic rings. The Balaban J connectivity index is 2.17. The standard InChI is InChI=1S/C9H14O4/c1-4-5-6-7(8(10)11-5)13-9(2,3)12-6/h5-7H,4H2,1-3H3/t5-,6+,7?/m1/s1. The summed E-state index contributed by atoms with van der Waals surface area (Å²) in [4.78, 5) is 11.3. The predicted octanol–water partition coefficient (Wildman–Crippen LogP) is 0.842. The Kier molecular flexibility index (Phi) is 1.85. The van der Waals surface area contributed by atoms with Crippen molar-refractivity contribution in [2.45, 2.75) is 51.3 Å². The molecule has 0 aromatic heterocycles. The van der Waals surface area contributed by atoms with Crippen molar-refractivity contribution in [1.29, 1.82) is 0 Å². The van der Waals surface area contributed by atoms with Crippen LogP contribution in [-0.2, 0) is 19.0 Å². The molecular formula is C9H14O4. The lowest BCUT2D eigenvalue weighted by Crippen LogP contribution is -2.28. The first-order chi connectivity index (χ1) is 6.03. The van der Waals surface area contributed by atoms with Crippen LogP contribution in [0.15, 0.2) is 0 Å². The summed E-state index contributed by atoms with van der Waals surface area (Å²) in [6, 6.07) is 0. The predicted molar refractivity (Wildman–Crippen MR) is 44.0 cm³/mol. The largest absolute Gasteiger partial charge is 0.457 e. The molecule has 0 spiro atoms. The van der Waals surface area contributed by atoms with Gasteiger partial charge in [0.2, 0.25) is 0 Å². The van der Waals surface area contributed by atoms with E-state index in [0.29, 0.717) is 0 Å². The van der Waals surface area contributed by atoms with E-state index < -0.39 is 11.9 Å². The third-order valence-electron chi connectivity index (χ3n) is 2.40. The van der Waals surface area contributed by atoms with Crippen molar-refractivity contribution in [1.82, 2.24) is 0 Å². The molecule has 0 aromatic carbocycles. The van der Waals surface area contributed by atoms with Gasteiger partial charge in [0.05, 0.1) is 0 Å². The van der Waals surface area contributed by atoms with E-state index in [9.17, 15) is 4.79 Å². The van der Waals surface area contributed by atoms with E-state index in [0.717, 1.165) is 6.42 Å².